The molecule has 1 aromatic carbocycles. The van der Waals surface area contributed by atoms with Gasteiger partial charge in [0.15, 0.2) is 0 Å². The van der Waals surface area contributed by atoms with E-state index in [1.807, 2.05) is 13.8 Å². The van der Waals surface area contributed by atoms with Gasteiger partial charge in [0.2, 0.25) is 0 Å². The SMILES string of the molecule is Cc1cc(Cl)c(C(=O)NCC(O)c2ccco2)cc1C. The van der Waals surface area contributed by atoms with Gasteiger partial charge in [-0.05, 0) is 49.2 Å². The minimum Gasteiger partial charge on any atom is -0.467 e. The lowest BCUT2D eigenvalue weighted by atomic mass is 10.1. The van der Waals surface area contributed by atoms with Gasteiger partial charge in [-0.3, -0.25) is 4.79 Å². The van der Waals surface area contributed by atoms with E-state index < -0.39 is 6.10 Å². The van der Waals surface area contributed by atoms with Gasteiger partial charge in [-0.1, -0.05) is 11.6 Å². The maximum atomic E-state index is 12.1. The highest BCUT2D eigenvalue weighted by Crippen LogP contribution is 2.21. The Morgan fingerprint density at radius 2 is 2.10 bits per heavy atom. The minimum atomic E-state index is -0.876. The van der Waals surface area contributed by atoms with Gasteiger partial charge in [-0.25, -0.2) is 0 Å². The second kappa shape index (κ2) is 6.11. The van der Waals surface area contributed by atoms with Crippen LogP contribution in [0.5, 0.6) is 0 Å². The second-order valence-corrected chi connectivity index (χ2v) is 5.06. The summed E-state index contributed by atoms with van der Waals surface area (Å²) in [4.78, 5) is 12.1. The molecule has 0 aliphatic heterocycles. The van der Waals surface area contributed by atoms with Gasteiger partial charge >= 0.3 is 0 Å². The molecule has 0 fully saturated rings. The molecule has 1 amide bonds. The van der Waals surface area contributed by atoms with Crippen molar-refractivity contribution in [2.24, 2.45) is 0 Å². The zero-order chi connectivity index (χ0) is 14.7. The number of aliphatic hydroxyl groups excluding tert-OH is 1. The van der Waals surface area contributed by atoms with Crippen LogP contribution in [-0.2, 0) is 0 Å². The lowest BCUT2D eigenvalue weighted by Crippen LogP contribution is -2.28. The van der Waals surface area contributed by atoms with Crippen LogP contribution in [0.2, 0.25) is 5.02 Å². The van der Waals surface area contributed by atoms with Crippen LogP contribution in [0.4, 0.5) is 0 Å². The highest BCUT2D eigenvalue weighted by atomic mass is 35.5. The number of rotatable bonds is 4. The molecule has 0 aliphatic rings. The second-order valence-electron chi connectivity index (χ2n) is 4.66. The summed E-state index contributed by atoms with van der Waals surface area (Å²) >= 11 is 6.07. The fourth-order valence-corrected chi connectivity index (χ4v) is 2.13. The predicted octanol–water partition coefficient (Wildman–Crippen LogP) is 3.01. The Hall–Kier alpha value is -1.78. The summed E-state index contributed by atoms with van der Waals surface area (Å²) < 4.78 is 5.06. The Balaban J connectivity index is 2.04. The van der Waals surface area contributed by atoms with Gasteiger partial charge < -0.3 is 14.8 Å². The summed E-state index contributed by atoms with van der Waals surface area (Å²) in [5.74, 6) is 0.0974. The van der Waals surface area contributed by atoms with Crippen LogP contribution in [0.3, 0.4) is 0 Å². The number of furan rings is 1. The Bertz CT molecular complexity index is 608. The van der Waals surface area contributed by atoms with Crippen LogP contribution < -0.4 is 5.32 Å². The number of aliphatic hydroxyl groups is 1. The average molecular weight is 294 g/mol. The van der Waals surface area contributed by atoms with Crippen molar-refractivity contribution in [1.29, 1.82) is 0 Å². The van der Waals surface area contributed by atoms with Crippen molar-refractivity contribution in [1.82, 2.24) is 5.32 Å². The van der Waals surface area contributed by atoms with Crippen molar-refractivity contribution in [3.63, 3.8) is 0 Å². The van der Waals surface area contributed by atoms with Gasteiger partial charge in [-0.2, -0.15) is 0 Å². The zero-order valence-corrected chi connectivity index (χ0v) is 12.1. The first kappa shape index (κ1) is 14.6. The van der Waals surface area contributed by atoms with E-state index in [0.717, 1.165) is 11.1 Å². The molecule has 20 heavy (non-hydrogen) atoms. The van der Waals surface area contributed by atoms with E-state index in [2.05, 4.69) is 5.32 Å². The largest absolute Gasteiger partial charge is 0.467 e. The lowest BCUT2D eigenvalue weighted by Gasteiger charge is -2.11. The van der Waals surface area contributed by atoms with Crippen molar-refractivity contribution in [2.45, 2.75) is 20.0 Å². The molecule has 1 unspecified atom stereocenters. The van der Waals surface area contributed by atoms with Gasteiger partial charge in [0, 0.05) is 0 Å². The number of aryl methyl sites for hydroxylation is 2. The van der Waals surface area contributed by atoms with Crippen molar-refractivity contribution >= 4 is 17.5 Å². The third-order valence-corrected chi connectivity index (χ3v) is 3.47. The molecule has 0 bridgehead atoms. The number of halogens is 1. The molecule has 2 aromatic rings. The molecule has 4 nitrogen and oxygen atoms in total. The average Bonchev–Trinajstić information content (AvgIpc) is 2.94. The first-order chi connectivity index (χ1) is 9.49. The third kappa shape index (κ3) is 3.21. The van der Waals surface area contributed by atoms with E-state index in [-0.39, 0.29) is 12.5 Å². The Kier molecular flexibility index (Phi) is 4.47. The maximum Gasteiger partial charge on any atom is 0.252 e. The molecule has 0 saturated heterocycles. The molecule has 5 heteroatoms. The Morgan fingerprint density at radius 1 is 1.40 bits per heavy atom. The quantitative estimate of drug-likeness (QED) is 0.911. The number of carbonyl (C=O) groups is 1. The van der Waals surface area contributed by atoms with E-state index in [0.29, 0.717) is 16.3 Å². The van der Waals surface area contributed by atoms with Crippen molar-refractivity contribution in [3.8, 4) is 0 Å². The van der Waals surface area contributed by atoms with Crippen LogP contribution in [0.1, 0.15) is 33.3 Å². The molecule has 0 saturated carbocycles. The van der Waals surface area contributed by atoms with Gasteiger partial charge in [0.1, 0.15) is 11.9 Å². The van der Waals surface area contributed by atoms with E-state index in [4.69, 9.17) is 16.0 Å². The molecule has 1 heterocycles. The molecule has 1 atom stereocenters. The van der Waals surface area contributed by atoms with Gasteiger partial charge in [0.05, 0.1) is 23.4 Å². The normalized spacial score (nSPS) is 12.2. The predicted molar refractivity (Wildman–Crippen MR) is 76.9 cm³/mol. The summed E-state index contributed by atoms with van der Waals surface area (Å²) in [7, 11) is 0. The molecule has 2 rings (SSSR count). The summed E-state index contributed by atoms with van der Waals surface area (Å²) in [6.45, 7) is 3.92. The first-order valence-electron chi connectivity index (χ1n) is 6.25. The molecule has 106 valence electrons. The lowest BCUT2D eigenvalue weighted by molar-refractivity contribution is 0.0901. The zero-order valence-electron chi connectivity index (χ0n) is 11.3. The van der Waals surface area contributed by atoms with Crippen LogP contribution in [0.15, 0.2) is 34.9 Å². The number of nitrogens with one attached hydrogen (secondary N) is 1. The summed E-state index contributed by atoms with van der Waals surface area (Å²) in [5, 5.41) is 12.9. The van der Waals surface area contributed by atoms with E-state index in [9.17, 15) is 9.90 Å². The fraction of sp³-hybridized carbons (Fsp3) is 0.267. The molecular weight excluding hydrogens is 278 g/mol. The van der Waals surface area contributed by atoms with Crippen molar-refractivity contribution in [2.75, 3.05) is 6.54 Å². The number of carbonyl (C=O) groups excluding carboxylic acids is 1. The monoisotopic (exact) mass is 293 g/mol. The van der Waals surface area contributed by atoms with Gasteiger partial charge in [0.25, 0.3) is 5.91 Å². The van der Waals surface area contributed by atoms with Crippen molar-refractivity contribution in [3.05, 3.63) is 58.0 Å². The highest BCUT2D eigenvalue weighted by molar-refractivity contribution is 6.34. The van der Waals surface area contributed by atoms with Crippen LogP contribution in [-0.4, -0.2) is 17.6 Å². The van der Waals surface area contributed by atoms with Crippen LogP contribution in [0, 0.1) is 13.8 Å². The number of amides is 1. The maximum absolute atomic E-state index is 12.1. The fourth-order valence-electron chi connectivity index (χ4n) is 1.82. The van der Waals surface area contributed by atoms with E-state index in [1.54, 1.807) is 24.3 Å². The highest BCUT2D eigenvalue weighted by Gasteiger charge is 2.15. The minimum absolute atomic E-state index is 0.0651. The molecule has 1 aromatic heterocycles. The number of hydrogen-bond donors (Lipinski definition) is 2. The van der Waals surface area contributed by atoms with Crippen molar-refractivity contribution < 1.29 is 14.3 Å². The Labute approximate surface area is 122 Å². The van der Waals surface area contributed by atoms with E-state index in [1.165, 1.54) is 6.26 Å². The first-order valence-corrected chi connectivity index (χ1v) is 6.63. The summed E-state index contributed by atoms with van der Waals surface area (Å²) in [6, 6.07) is 6.83. The molecule has 0 aliphatic carbocycles. The summed E-state index contributed by atoms with van der Waals surface area (Å²) in [6.07, 6.45) is 0.597. The molecule has 0 radical (unpaired) electrons. The van der Waals surface area contributed by atoms with Gasteiger partial charge in [-0.15, -0.1) is 0 Å². The molecule has 0 spiro atoms. The smallest absolute Gasteiger partial charge is 0.252 e. The third-order valence-electron chi connectivity index (χ3n) is 3.16. The molecule has 2 N–H and O–H groups in total. The standard InChI is InChI=1S/C15H16ClNO3/c1-9-6-11(12(16)7-10(9)2)15(19)17-8-13(18)14-4-3-5-20-14/h3-7,13,18H,8H2,1-2H3,(H,17,19). The van der Waals surface area contributed by atoms with Crippen LogP contribution in [0.25, 0.3) is 0 Å². The molecular formula is C15H16ClNO3. The Morgan fingerprint density at radius 3 is 2.75 bits per heavy atom. The topological polar surface area (TPSA) is 62.5 Å². The number of benzene rings is 1. The number of hydrogen-bond acceptors (Lipinski definition) is 3. The summed E-state index contributed by atoms with van der Waals surface area (Å²) in [5.41, 5.74) is 2.43. The van der Waals surface area contributed by atoms with Crippen LogP contribution >= 0.6 is 11.6 Å². The van der Waals surface area contributed by atoms with E-state index >= 15 is 0 Å².